The zero-order chi connectivity index (χ0) is 10.3. The van der Waals surface area contributed by atoms with E-state index in [4.69, 9.17) is 5.11 Å². The molecule has 0 aromatic heterocycles. The predicted octanol–water partition coefficient (Wildman–Crippen LogP) is -0.471. The molecule has 76 valence electrons. The number of amides is 1. The third-order valence-electron chi connectivity index (χ3n) is 1.65. The number of carboxylic acids is 1. The van der Waals surface area contributed by atoms with Crippen LogP contribution in [-0.2, 0) is 9.59 Å². The Labute approximate surface area is 77.7 Å². The summed E-state index contributed by atoms with van der Waals surface area (Å²) in [6.45, 7) is 1.41. The molecule has 0 saturated heterocycles. The van der Waals surface area contributed by atoms with Crippen LogP contribution in [-0.4, -0.2) is 49.1 Å². The van der Waals surface area contributed by atoms with Crippen LogP contribution in [0, 0.1) is 0 Å². The second-order valence-electron chi connectivity index (χ2n) is 2.84. The van der Waals surface area contributed by atoms with E-state index in [1.165, 1.54) is 4.90 Å². The first-order valence-electron chi connectivity index (χ1n) is 4.18. The van der Waals surface area contributed by atoms with Gasteiger partial charge in [-0.2, -0.15) is 0 Å². The fraction of sp³-hybridized carbons (Fsp3) is 0.750. The molecule has 0 aliphatic rings. The molecular formula is C8H16N2O3. The van der Waals surface area contributed by atoms with Gasteiger partial charge < -0.3 is 15.3 Å². The highest BCUT2D eigenvalue weighted by molar-refractivity contribution is 5.93. The third kappa shape index (κ3) is 6.10. The Morgan fingerprint density at radius 2 is 2.08 bits per heavy atom. The summed E-state index contributed by atoms with van der Waals surface area (Å²) in [7, 11) is 3.44. The molecule has 0 bridgehead atoms. The van der Waals surface area contributed by atoms with E-state index in [0.717, 1.165) is 13.0 Å². The van der Waals surface area contributed by atoms with Crippen LogP contribution in [0.15, 0.2) is 0 Å². The lowest BCUT2D eigenvalue weighted by Crippen LogP contribution is -2.30. The van der Waals surface area contributed by atoms with Crippen molar-refractivity contribution < 1.29 is 14.7 Å². The second kappa shape index (κ2) is 6.42. The quantitative estimate of drug-likeness (QED) is 0.436. The minimum atomic E-state index is -1.08. The van der Waals surface area contributed by atoms with E-state index in [-0.39, 0.29) is 5.91 Å². The fourth-order valence-corrected chi connectivity index (χ4v) is 0.882. The fourth-order valence-electron chi connectivity index (χ4n) is 0.882. The van der Waals surface area contributed by atoms with Crippen molar-refractivity contribution in [2.45, 2.75) is 12.8 Å². The molecule has 0 spiro atoms. The van der Waals surface area contributed by atoms with Gasteiger partial charge in [-0.25, -0.2) is 0 Å². The number of carbonyl (C=O) groups excluding carboxylic acids is 1. The third-order valence-corrected chi connectivity index (χ3v) is 1.65. The van der Waals surface area contributed by atoms with Gasteiger partial charge in [-0.15, -0.1) is 0 Å². The van der Waals surface area contributed by atoms with Crippen molar-refractivity contribution in [3.05, 3.63) is 0 Å². The largest absolute Gasteiger partial charge is 0.481 e. The second-order valence-corrected chi connectivity index (χ2v) is 2.84. The van der Waals surface area contributed by atoms with Crippen molar-refractivity contribution in [1.82, 2.24) is 10.2 Å². The Balaban J connectivity index is 3.63. The summed E-state index contributed by atoms with van der Waals surface area (Å²) in [5.74, 6) is -1.42. The van der Waals surface area contributed by atoms with Crippen molar-refractivity contribution in [3.8, 4) is 0 Å². The molecule has 1 amide bonds. The van der Waals surface area contributed by atoms with E-state index >= 15 is 0 Å². The lowest BCUT2D eigenvalue weighted by Gasteiger charge is -2.15. The molecule has 0 aliphatic carbocycles. The Kier molecular flexibility index (Phi) is 5.88. The number of carbonyl (C=O) groups is 2. The van der Waals surface area contributed by atoms with E-state index in [1.807, 2.05) is 7.05 Å². The van der Waals surface area contributed by atoms with Crippen LogP contribution in [0.4, 0.5) is 0 Å². The zero-order valence-corrected chi connectivity index (χ0v) is 8.04. The summed E-state index contributed by atoms with van der Waals surface area (Å²) in [5.41, 5.74) is 0. The SMILES string of the molecule is CNCCCN(C)C(=O)CC(=O)O. The van der Waals surface area contributed by atoms with Gasteiger partial charge in [0.25, 0.3) is 0 Å². The lowest BCUT2D eigenvalue weighted by atomic mass is 10.3. The van der Waals surface area contributed by atoms with Crippen molar-refractivity contribution in [3.63, 3.8) is 0 Å². The average Bonchev–Trinajstić information content (AvgIpc) is 2.03. The first-order chi connectivity index (χ1) is 6.07. The summed E-state index contributed by atoms with van der Waals surface area (Å²) in [6.07, 6.45) is 0.411. The van der Waals surface area contributed by atoms with Gasteiger partial charge in [-0.1, -0.05) is 0 Å². The molecule has 0 unspecified atom stereocenters. The van der Waals surface area contributed by atoms with Gasteiger partial charge in [-0.05, 0) is 20.0 Å². The van der Waals surface area contributed by atoms with Crippen LogP contribution in [0.25, 0.3) is 0 Å². The van der Waals surface area contributed by atoms with Crippen LogP contribution in [0.2, 0.25) is 0 Å². The molecule has 2 N–H and O–H groups in total. The number of rotatable bonds is 6. The maximum atomic E-state index is 11.1. The molecule has 0 rings (SSSR count). The van der Waals surface area contributed by atoms with Crippen LogP contribution in [0.5, 0.6) is 0 Å². The number of nitrogens with one attached hydrogen (secondary N) is 1. The minimum Gasteiger partial charge on any atom is -0.481 e. The molecule has 0 atom stereocenters. The van der Waals surface area contributed by atoms with Gasteiger partial charge in [0.1, 0.15) is 6.42 Å². The molecule has 0 aromatic rings. The zero-order valence-electron chi connectivity index (χ0n) is 8.04. The molecule has 0 heterocycles. The normalized spacial score (nSPS) is 9.69. The van der Waals surface area contributed by atoms with E-state index in [9.17, 15) is 9.59 Å². The van der Waals surface area contributed by atoms with Gasteiger partial charge in [-0.3, -0.25) is 9.59 Å². The van der Waals surface area contributed by atoms with Crippen LogP contribution >= 0.6 is 0 Å². The highest BCUT2D eigenvalue weighted by atomic mass is 16.4. The van der Waals surface area contributed by atoms with Crippen LogP contribution in [0.3, 0.4) is 0 Å². The predicted molar refractivity (Wildman–Crippen MR) is 48.4 cm³/mol. The molecule has 5 nitrogen and oxygen atoms in total. The molecule has 0 saturated carbocycles. The first-order valence-corrected chi connectivity index (χ1v) is 4.18. The first kappa shape index (κ1) is 11.9. The number of carboxylic acid groups (broad SMARTS) is 1. The summed E-state index contributed by atoms with van der Waals surface area (Å²) >= 11 is 0. The molecule has 5 heteroatoms. The summed E-state index contributed by atoms with van der Waals surface area (Å²) in [5, 5.41) is 11.3. The van der Waals surface area contributed by atoms with Crippen molar-refractivity contribution in [2.75, 3.05) is 27.2 Å². The Morgan fingerprint density at radius 3 is 2.54 bits per heavy atom. The van der Waals surface area contributed by atoms with E-state index in [2.05, 4.69) is 5.32 Å². The average molecular weight is 188 g/mol. The van der Waals surface area contributed by atoms with Gasteiger partial charge in [0, 0.05) is 13.6 Å². The Bertz CT molecular complexity index is 182. The van der Waals surface area contributed by atoms with E-state index in [0.29, 0.717) is 6.54 Å². The van der Waals surface area contributed by atoms with Crippen molar-refractivity contribution in [2.24, 2.45) is 0 Å². The van der Waals surface area contributed by atoms with Crippen molar-refractivity contribution in [1.29, 1.82) is 0 Å². The molecule has 0 fully saturated rings. The summed E-state index contributed by atoms with van der Waals surface area (Å²) in [4.78, 5) is 22.7. The van der Waals surface area contributed by atoms with E-state index in [1.54, 1.807) is 7.05 Å². The van der Waals surface area contributed by atoms with Gasteiger partial charge in [0.05, 0.1) is 0 Å². The van der Waals surface area contributed by atoms with Gasteiger partial charge in [0.2, 0.25) is 5.91 Å². The Morgan fingerprint density at radius 1 is 1.46 bits per heavy atom. The molecule has 0 radical (unpaired) electrons. The molecule has 0 aliphatic heterocycles. The topological polar surface area (TPSA) is 69.6 Å². The molecule has 13 heavy (non-hydrogen) atoms. The summed E-state index contributed by atoms with van der Waals surface area (Å²) in [6, 6.07) is 0. The highest BCUT2D eigenvalue weighted by Crippen LogP contribution is 1.92. The van der Waals surface area contributed by atoms with Crippen LogP contribution < -0.4 is 5.32 Å². The lowest BCUT2D eigenvalue weighted by molar-refractivity contribution is -0.143. The maximum absolute atomic E-state index is 11.1. The van der Waals surface area contributed by atoms with Gasteiger partial charge >= 0.3 is 5.97 Å². The monoisotopic (exact) mass is 188 g/mol. The molecular weight excluding hydrogens is 172 g/mol. The standard InChI is InChI=1S/C8H16N2O3/c1-9-4-3-5-10(2)7(11)6-8(12)13/h9H,3-6H2,1-2H3,(H,12,13). The minimum absolute atomic E-state index is 0.344. The molecule has 0 aromatic carbocycles. The number of hydrogen-bond donors (Lipinski definition) is 2. The van der Waals surface area contributed by atoms with Crippen molar-refractivity contribution >= 4 is 11.9 Å². The highest BCUT2D eigenvalue weighted by Gasteiger charge is 2.11. The number of aliphatic carboxylic acids is 1. The van der Waals surface area contributed by atoms with Gasteiger partial charge in [0.15, 0.2) is 0 Å². The summed E-state index contributed by atoms with van der Waals surface area (Å²) < 4.78 is 0. The smallest absolute Gasteiger partial charge is 0.312 e. The maximum Gasteiger partial charge on any atom is 0.312 e. The Hall–Kier alpha value is -1.10. The van der Waals surface area contributed by atoms with E-state index < -0.39 is 12.4 Å². The number of hydrogen-bond acceptors (Lipinski definition) is 3. The number of nitrogens with zero attached hydrogens (tertiary/aromatic N) is 1. The van der Waals surface area contributed by atoms with Crippen LogP contribution in [0.1, 0.15) is 12.8 Å².